The van der Waals surface area contributed by atoms with Crippen LogP contribution in [0.15, 0.2) is 33.8 Å². The highest BCUT2D eigenvalue weighted by atomic mass is 15.0. The number of nitrogens with two attached hydrogens (primary N) is 1. The number of hydrogen-bond acceptors (Lipinski definition) is 3. The lowest BCUT2D eigenvalue weighted by atomic mass is 10.0. The Balaban J connectivity index is 2.17. The summed E-state index contributed by atoms with van der Waals surface area (Å²) in [4.78, 5) is 8.66. The molecular weight excluding hydrogens is 234 g/mol. The molecule has 0 bridgehead atoms. The van der Waals surface area contributed by atoms with Crippen LogP contribution in [0.1, 0.15) is 46.0 Å². The fourth-order valence-corrected chi connectivity index (χ4v) is 1.87. The largest absolute Gasteiger partial charge is 0.328 e. The van der Waals surface area contributed by atoms with Crippen molar-refractivity contribution in [1.29, 1.82) is 0 Å². The lowest BCUT2D eigenvalue weighted by Gasteiger charge is -2.07. The van der Waals surface area contributed by atoms with E-state index in [1.165, 1.54) is 5.57 Å². The number of aliphatic imine (C=N–C) groups is 2. The van der Waals surface area contributed by atoms with Crippen LogP contribution in [-0.2, 0) is 0 Å². The molecule has 0 aromatic rings. The fourth-order valence-electron chi connectivity index (χ4n) is 1.87. The molecule has 0 saturated heterocycles. The molecule has 2 N–H and O–H groups in total. The lowest BCUT2D eigenvalue weighted by Crippen LogP contribution is -2.25. The van der Waals surface area contributed by atoms with Gasteiger partial charge in [0, 0.05) is 25.5 Å². The Labute approximate surface area is 117 Å². The average molecular weight is 261 g/mol. The van der Waals surface area contributed by atoms with E-state index < -0.39 is 0 Å². The molecular formula is C16H27N3. The fraction of sp³-hybridized carbons (Fsp3) is 0.625. The molecule has 0 fully saturated rings. The third kappa shape index (κ3) is 6.48. The first-order valence-corrected chi connectivity index (χ1v) is 7.35. The van der Waals surface area contributed by atoms with Crippen molar-refractivity contribution in [2.75, 3.05) is 13.1 Å². The molecule has 0 unspecified atom stereocenters. The van der Waals surface area contributed by atoms with E-state index in [4.69, 9.17) is 5.73 Å². The predicted molar refractivity (Wildman–Crippen MR) is 85.3 cm³/mol. The molecule has 1 atom stereocenters. The Kier molecular flexibility index (Phi) is 7.34. The Morgan fingerprint density at radius 3 is 2.74 bits per heavy atom. The SMILES string of the molecule is CC/C=C\C/C(=C/C=NCCC[C@]1(CN)C=N1)CC. The van der Waals surface area contributed by atoms with Crippen LogP contribution in [0.5, 0.6) is 0 Å². The van der Waals surface area contributed by atoms with E-state index in [2.05, 4.69) is 42.1 Å². The van der Waals surface area contributed by atoms with Gasteiger partial charge in [-0.1, -0.05) is 31.6 Å². The van der Waals surface area contributed by atoms with Gasteiger partial charge in [-0.15, -0.1) is 0 Å². The Hall–Kier alpha value is -1.22. The maximum Gasteiger partial charge on any atom is 0.107 e. The summed E-state index contributed by atoms with van der Waals surface area (Å²) < 4.78 is 0. The minimum Gasteiger partial charge on any atom is -0.328 e. The summed E-state index contributed by atoms with van der Waals surface area (Å²) in [6, 6.07) is 0. The van der Waals surface area contributed by atoms with Crippen LogP contribution in [-0.4, -0.2) is 31.1 Å². The van der Waals surface area contributed by atoms with E-state index in [9.17, 15) is 0 Å². The van der Waals surface area contributed by atoms with Gasteiger partial charge < -0.3 is 5.73 Å². The highest BCUT2D eigenvalue weighted by Gasteiger charge is 2.33. The van der Waals surface area contributed by atoms with Gasteiger partial charge in [0.15, 0.2) is 0 Å². The van der Waals surface area contributed by atoms with Crippen LogP contribution in [0, 0.1) is 0 Å². The van der Waals surface area contributed by atoms with Crippen molar-refractivity contribution < 1.29 is 0 Å². The Morgan fingerprint density at radius 1 is 1.37 bits per heavy atom. The van der Waals surface area contributed by atoms with Crippen LogP contribution in [0.3, 0.4) is 0 Å². The molecule has 0 amide bonds. The minimum atomic E-state index is 0.00485. The summed E-state index contributed by atoms with van der Waals surface area (Å²) >= 11 is 0. The van der Waals surface area contributed by atoms with Gasteiger partial charge in [0.2, 0.25) is 0 Å². The van der Waals surface area contributed by atoms with Gasteiger partial charge in [0.1, 0.15) is 5.54 Å². The second-order valence-electron chi connectivity index (χ2n) is 4.99. The standard InChI is InChI=1S/C16H27N3/c1-3-5-6-8-15(4-2)9-12-18-11-7-10-16(13-17)14-19-16/h5-6,9,12,14H,3-4,7-8,10-11,13,17H2,1-2H3/b6-5-,15-9+,18-12?/t16-/m0/s1. The first-order valence-electron chi connectivity index (χ1n) is 7.35. The molecule has 1 aliphatic rings. The number of hydrogen-bond donors (Lipinski definition) is 1. The molecule has 0 aliphatic carbocycles. The second-order valence-corrected chi connectivity index (χ2v) is 4.99. The van der Waals surface area contributed by atoms with Gasteiger partial charge in [0.05, 0.1) is 0 Å². The molecule has 1 aliphatic heterocycles. The van der Waals surface area contributed by atoms with E-state index >= 15 is 0 Å². The van der Waals surface area contributed by atoms with Crippen molar-refractivity contribution in [1.82, 2.24) is 0 Å². The third-order valence-corrected chi connectivity index (χ3v) is 3.40. The van der Waals surface area contributed by atoms with Crippen molar-refractivity contribution in [3.05, 3.63) is 23.8 Å². The van der Waals surface area contributed by atoms with Gasteiger partial charge in [-0.05, 0) is 38.2 Å². The molecule has 0 spiro atoms. The molecule has 3 heteroatoms. The van der Waals surface area contributed by atoms with E-state index in [-0.39, 0.29) is 5.54 Å². The molecule has 0 saturated carbocycles. The van der Waals surface area contributed by atoms with Crippen molar-refractivity contribution in [3.63, 3.8) is 0 Å². The summed E-state index contributed by atoms with van der Waals surface area (Å²) in [5.41, 5.74) is 7.08. The van der Waals surface area contributed by atoms with E-state index in [0.717, 1.165) is 38.6 Å². The smallest absolute Gasteiger partial charge is 0.107 e. The first kappa shape index (κ1) is 15.8. The van der Waals surface area contributed by atoms with Crippen LogP contribution < -0.4 is 5.73 Å². The van der Waals surface area contributed by atoms with Crippen molar-refractivity contribution >= 4 is 12.4 Å². The summed E-state index contributed by atoms with van der Waals surface area (Å²) in [5, 5.41) is 0. The van der Waals surface area contributed by atoms with Gasteiger partial charge >= 0.3 is 0 Å². The number of allylic oxidation sites excluding steroid dienone is 4. The summed E-state index contributed by atoms with van der Waals surface area (Å²) in [6.07, 6.45) is 15.8. The van der Waals surface area contributed by atoms with Crippen LogP contribution >= 0.6 is 0 Å². The molecule has 19 heavy (non-hydrogen) atoms. The Bertz CT molecular complexity index is 358. The molecule has 3 nitrogen and oxygen atoms in total. The first-order chi connectivity index (χ1) is 9.26. The lowest BCUT2D eigenvalue weighted by molar-refractivity contribution is 0.586. The van der Waals surface area contributed by atoms with E-state index in [0.29, 0.717) is 6.54 Å². The maximum atomic E-state index is 5.65. The third-order valence-electron chi connectivity index (χ3n) is 3.40. The zero-order valence-electron chi connectivity index (χ0n) is 12.3. The van der Waals surface area contributed by atoms with Gasteiger partial charge in [-0.3, -0.25) is 9.98 Å². The quantitative estimate of drug-likeness (QED) is 0.366. The Morgan fingerprint density at radius 2 is 2.16 bits per heavy atom. The number of nitrogens with zero attached hydrogens (tertiary/aromatic N) is 2. The average Bonchev–Trinajstić information content (AvgIpc) is 3.21. The van der Waals surface area contributed by atoms with Gasteiger partial charge in [-0.25, -0.2) is 0 Å². The molecule has 0 aromatic heterocycles. The van der Waals surface area contributed by atoms with Crippen LogP contribution in [0.4, 0.5) is 0 Å². The highest BCUT2D eigenvalue weighted by molar-refractivity contribution is 5.84. The zero-order valence-corrected chi connectivity index (χ0v) is 12.3. The van der Waals surface area contributed by atoms with E-state index in [1.807, 2.05) is 12.4 Å². The second kappa shape index (κ2) is 8.81. The van der Waals surface area contributed by atoms with Crippen LogP contribution in [0.2, 0.25) is 0 Å². The van der Waals surface area contributed by atoms with Gasteiger partial charge in [0.25, 0.3) is 0 Å². The topological polar surface area (TPSA) is 50.7 Å². The highest BCUT2D eigenvalue weighted by Crippen LogP contribution is 2.24. The molecule has 1 rings (SSSR count). The van der Waals surface area contributed by atoms with Crippen molar-refractivity contribution in [2.45, 2.75) is 51.5 Å². The normalized spacial score (nSPS) is 22.8. The molecule has 0 aromatic carbocycles. The maximum absolute atomic E-state index is 5.65. The summed E-state index contributed by atoms with van der Waals surface area (Å²) in [5.74, 6) is 0. The van der Waals surface area contributed by atoms with Crippen LogP contribution in [0.25, 0.3) is 0 Å². The van der Waals surface area contributed by atoms with Crippen molar-refractivity contribution in [3.8, 4) is 0 Å². The predicted octanol–water partition coefficient (Wildman–Crippen LogP) is 3.31. The molecule has 1 heterocycles. The summed E-state index contributed by atoms with van der Waals surface area (Å²) in [6.45, 7) is 5.85. The summed E-state index contributed by atoms with van der Waals surface area (Å²) in [7, 11) is 0. The minimum absolute atomic E-state index is 0.00485. The van der Waals surface area contributed by atoms with E-state index in [1.54, 1.807) is 0 Å². The zero-order chi connectivity index (χ0) is 14.0. The monoisotopic (exact) mass is 261 g/mol. The molecule has 106 valence electrons. The molecule has 0 radical (unpaired) electrons. The van der Waals surface area contributed by atoms with Crippen molar-refractivity contribution in [2.24, 2.45) is 15.7 Å². The number of rotatable bonds is 10. The van der Waals surface area contributed by atoms with Gasteiger partial charge in [-0.2, -0.15) is 0 Å².